The third-order valence-electron chi connectivity index (χ3n) is 9.56. The maximum absolute atomic E-state index is 13.7. The first-order valence-electron chi connectivity index (χ1n) is 12.8. The second-order valence-electron chi connectivity index (χ2n) is 11.6. The van der Waals surface area contributed by atoms with Crippen LogP contribution in [0.15, 0.2) is 33.9 Å². The van der Waals surface area contributed by atoms with Gasteiger partial charge in [-0.2, -0.15) is 4.98 Å². The van der Waals surface area contributed by atoms with Crippen LogP contribution in [0.3, 0.4) is 0 Å². The highest BCUT2D eigenvalue weighted by Crippen LogP contribution is 2.65. The number of aromatic nitrogens is 4. The van der Waals surface area contributed by atoms with E-state index < -0.39 is 0 Å². The Balaban J connectivity index is 1.31. The molecule has 180 valence electrons. The standard InChI is InChI=1S/C26H32ClN5O2/c1-3-25-9-15-6-16(10-25)12-26(11-15,14-25)32-22-20(31(2)24(32)33)13-28-23(30-22)29-19-7-17-4-5-34-21(17)8-18(19)27/h7-8,13,15-17,21H,3-6,9-12,14H2,1-2H3,(H,28,29,30). The summed E-state index contributed by atoms with van der Waals surface area (Å²) in [6.07, 6.45) is 15.4. The van der Waals surface area contributed by atoms with Crippen molar-refractivity contribution in [3.05, 3.63) is 39.6 Å². The number of anilines is 1. The lowest BCUT2D eigenvalue weighted by Gasteiger charge is -2.62. The second kappa shape index (κ2) is 7.20. The van der Waals surface area contributed by atoms with E-state index in [0.29, 0.717) is 22.3 Å². The van der Waals surface area contributed by atoms with Crippen LogP contribution < -0.4 is 11.0 Å². The normalized spacial score (nSPS) is 38.2. The Hall–Kier alpha value is -2.12. The molecule has 0 amide bonds. The van der Waals surface area contributed by atoms with Crippen LogP contribution >= 0.6 is 11.6 Å². The van der Waals surface area contributed by atoms with Crippen molar-refractivity contribution in [1.82, 2.24) is 19.1 Å². The van der Waals surface area contributed by atoms with Gasteiger partial charge < -0.3 is 10.1 Å². The molecule has 4 atom stereocenters. The number of allylic oxidation sites excluding steroid dienone is 1. The van der Waals surface area contributed by atoms with Crippen LogP contribution in [-0.2, 0) is 17.3 Å². The van der Waals surface area contributed by atoms with Crippen molar-refractivity contribution >= 4 is 28.7 Å². The number of nitrogens with one attached hydrogen (secondary N) is 1. The molecule has 34 heavy (non-hydrogen) atoms. The highest BCUT2D eigenvalue weighted by Gasteiger charge is 2.58. The van der Waals surface area contributed by atoms with Gasteiger partial charge in [-0.05, 0) is 68.3 Å². The van der Waals surface area contributed by atoms with E-state index in [1.807, 2.05) is 13.1 Å². The Morgan fingerprint density at radius 1 is 1.24 bits per heavy atom. The summed E-state index contributed by atoms with van der Waals surface area (Å²) in [5, 5.41) is 3.97. The molecule has 1 saturated heterocycles. The second-order valence-corrected chi connectivity index (χ2v) is 12.0. The zero-order valence-corrected chi connectivity index (χ0v) is 20.6. The maximum atomic E-state index is 13.7. The van der Waals surface area contributed by atoms with Gasteiger partial charge in [0, 0.05) is 19.6 Å². The third kappa shape index (κ3) is 2.95. The van der Waals surface area contributed by atoms with Crippen LogP contribution in [0.4, 0.5) is 5.95 Å². The smallest absolute Gasteiger partial charge is 0.330 e. The van der Waals surface area contributed by atoms with Gasteiger partial charge in [-0.3, -0.25) is 9.13 Å². The number of fused-ring (bicyclic) bond motifs is 2. The Morgan fingerprint density at radius 2 is 2.03 bits per heavy atom. The molecule has 1 aliphatic heterocycles. The molecule has 8 heteroatoms. The lowest BCUT2D eigenvalue weighted by atomic mass is 9.46. The van der Waals surface area contributed by atoms with E-state index in [2.05, 4.69) is 27.9 Å². The SMILES string of the molecule is CCC12CC3CC(C1)CC(n1c(=O)n(C)c4cnc(NC5=CC6CCOC6C=C5Cl)nc41)(C3)C2. The first-order valence-corrected chi connectivity index (χ1v) is 13.2. The number of imidazole rings is 1. The van der Waals surface area contributed by atoms with Crippen LogP contribution in [0.1, 0.15) is 58.3 Å². The van der Waals surface area contributed by atoms with Crippen molar-refractivity contribution in [3.8, 4) is 0 Å². The number of halogens is 1. The summed E-state index contributed by atoms with van der Waals surface area (Å²) in [6.45, 7) is 3.09. The molecule has 4 bridgehead atoms. The van der Waals surface area contributed by atoms with E-state index in [9.17, 15) is 4.79 Å². The van der Waals surface area contributed by atoms with Crippen molar-refractivity contribution in [2.24, 2.45) is 30.2 Å². The number of aryl methyl sites for hydroxylation is 1. The molecular formula is C26H32ClN5O2. The first kappa shape index (κ1) is 21.2. The summed E-state index contributed by atoms with van der Waals surface area (Å²) in [4.78, 5) is 23.2. The van der Waals surface area contributed by atoms with Crippen LogP contribution in [0.2, 0.25) is 0 Å². The van der Waals surface area contributed by atoms with Gasteiger partial charge in [-0.25, -0.2) is 9.78 Å². The van der Waals surface area contributed by atoms with E-state index in [0.717, 1.165) is 61.0 Å². The molecule has 7 nitrogen and oxygen atoms in total. The van der Waals surface area contributed by atoms with Crippen molar-refractivity contribution < 1.29 is 4.74 Å². The van der Waals surface area contributed by atoms with Gasteiger partial charge >= 0.3 is 5.69 Å². The molecule has 4 saturated carbocycles. The summed E-state index contributed by atoms with van der Waals surface area (Å²) in [6, 6.07) is 0. The number of rotatable bonds is 4. The molecule has 1 N–H and O–H groups in total. The largest absolute Gasteiger partial charge is 0.373 e. The van der Waals surface area contributed by atoms with E-state index >= 15 is 0 Å². The summed E-state index contributed by atoms with van der Waals surface area (Å²) < 4.78 is 9.53. The van der Waals surface area contributed by atoms with Gasteiger partial charge in [0.05, 0.1) is 28.6 Å². The minimum atomic E-state index is -0.127. The fourth-order valence-corrected chi connectivity index (χ4v) is 8.64. The Labute approximate surface area is 204 Å². The lowest BCUT2D eigenvalue weighted by Crippen LogP contribution is -2.58. The van der Waals surface area contributed by atoms with Crippen molar-refractivity contribution in [3.63, 3.8) is 0 Å². The molecule has 3 heterocycles. The van der Waals surface area contributed by atoms with E-state index in [1.165, 1.54) is 25.7 Å². The predicted octanol–water partition coefficient (Wildman–Crippen LogP) is 4.67. The first-order chi connectivity index (χ1) is 16.4. The number of nitrogens with zero attached hydrogens (tertiary/aromatic N) is 4. The van der Waals surface area contributed by atoms with E-state index in [-0.39, 0.29) is 17.3 Å². The molecule has 0 aromatic carbocycles. The maximum Gasteiger partial charge on any atom is 0.330 e. The van der Waals surface area contributed by atoms with Crippen molar-refractivity contribution in [2.45, 2.75) is 69.9 Å². The van der Waals surface area contributed by atoms with Gasteiger partial charge in [0.2, 0.25) is 5.95 Å². The fourth-order valence-electron chi connectivity index (χ4n) is 8.40. The average molecular weight is 482 g/mol. The summed E-state index contributed by atoms with van der Waals surface area (Å²) >= 11 is 6.56. The van der Waals surface area contributed by atoms with E-state index in [1.54, 1.807) is 10.8 Å². The topological polar surface area (TPSA) is 74.0 Å². The van der Waals surface area contributed by atoms with E-state index in [4.69, 9.17) is 21.3 Å². The molecule has 0 radical (unpaired) electrons. The highest BCUT2D eigenvalue weighted by molar-refractivity contribution is 6.32. The van der Waals surface area contributed by atoms with Crippen LogP contribution in [0.25, 0.3) is 11.2 Å². The molecule has 4 unspecified atom stereocenters. The molecule has 0 spiro atoms. The van der Waals surface area contributed by atoms with Crippen LogP contribution in [0.5, 0.6) is 0 Å². The van der Waals surface area contributed by atoms with Gasteiger partial charge in [0.15, 0.2) is 5.65 Å². The van der Waals surface area contributed by atoms with Gasteiger partial charge in [-0.15, -0.1) is 0 Å². The molecular weight excluding hydrogens is 450 g/mol. The zero-order chi connectivity index (χ0) is 23.2. The highest BCUT2D eigenvalue weighted by atomic mass is 35.5. The van der Waals surface area contributed by atoms with Gasteiger partial charge in [-0.1, -0.05) is 31.0 Å². The quantitative estimate of drug-likeness (QED) is 0.686. The van der Waals surface area contributed by atoms with Gasteiger partial charge in [0.1, 0.15) is 5.52 Å². The minimum absolute atomic E-state index is 0.0374. The Morgan fingerprint density at radius 3 is 2.79 bits per heavy atom. The number of hydrogen-bond donors (Lipinski definition) is 1. The number of ether oxygens (including phenoxy) is 1. The van der Waals surface area contributed by atoms with Crippen molar-refractivity contribution in [2.75, 3.05) is 11.9 Å². The summed E-state index contributed by atoms with van der Waals surface area (Å²) in [5.41, 5.74) is 2.65. The molecule has 2 aromatic heterocycles. The molecule has 2 aromatic rings. The number of hydrogen-bond acceptors (Lipinski definition) is 5. The lowest BCUT2D eigenvalue weighted by molar-refractivity contribution is -0.103. The summed E-state index contributed by atoms with van der Waals surface area (Å²) in [7, 11) is 1.84. The minimum Gasteiger partial charge on any atom is -0.373 e. The molecule has 6 aliphatic rings. The van der Waals surface area contributed by atoms with Crippen LogP contribution in [0, 0.1) is 23.2 Å². The monoisotopic (exact) mass is 481 g/mol. The van der Waals surface area contributed by atoms with Crippen LogP contribution in [-0.4, -0.2) is 31.8 Å². The zero-order valence-electron chi connectivity index (χ0n) is 19.9. The fraction of sp³-hybridized carbons (Fsp3) is 0.654. The predicted molar refractivity (Wildman–Crippen MR) is 132 cm³/mol. The third-order valence-corrected chi connectivity index (χ3v) is 9.89. The summed E-state index contributed by atoms with van der Waals surface area (Å²) in [5.74, 6) is 2.25. The molecule has 5 fully saturated rings. The molecule has 5 aliphatic carbocycles. The Bertz CT molecular complexity index is 1290. The Kier molecular flexibility index (Phi) is 4.49. The van der Waals surface area contributed by atoms with Gasteiger partial charge in [0.25, 0.3) is 0 Å². The van der Waals surface area contributed by atoms with Crippen molar-refractivity contribution in [1.29, 1.82) is 0 Å². The average Bonchev–Trinajstić information content (AvgIpc) is 3.35. The molecule has 8 rings (SSSR count).